The lowest BCUT2D eigenvalue weighted by Gasteiger charge is -2.23. The van der Waals surface area contributed by atoms with Crippen molar-refractivity contribution >= 4 is 33.0 Å². The Labute approximate surface area is 167 Å². The Bertz CT molecular complexity index is 1250. The molecule has 8 heteroatoms. The average Bonchev–Trinajstić information content (AvgIpc) is 2.71. The van der Waals surface area contributed by atoms with Crippen molar-refractivity contribution in [2.24, 2.45) is 4.99 Å². The summed E-state index contributed by atoms with van der Waals surface area (Å²) in [5, 5.41) is 12.1. The topological polar surface area (TPSA) is 105 Å². The van der Waals surface area contributed by atoms with Crippen LogP contribution in [-0.4, -0.2) is 32.4 Å². The van der Waals surface area contributed by atoms with Crippen LogP contribution in [0.2, 0.25) is 0 Å². The molecule has 0 atom stereocenters. The summed E-state index contributed by atoms with van der Waals surface area (Å²) in [4.78, 5) is 15.5. The van der Waals surface area contributed by atoms with Crippen molar-refractivity contribution in [3.05, 3.63) is 77.9 Å². The van der Waals surface area contributed by atoms with Gasteiger partial charge >= 0.3 is 5.97 Å². The Morgan fingerprint density at radius 2 is 1.72 bits per heavy atom. The number of aromatic carboxylic acids is 1. The highest BCUT2D eigenvalue weighted by molar-refractivity contribution is 7.91. The van der Waals surface area contributed by atoms with E-state index in [0.717, 1.165) is 0 Å². The molecule has 3 aromatic carbocycles. The van der Waals surface area contributed by atoms with Crippen LogP contribution in [0, 0.1) is 0 Å². The number of anilines is 1. The van der Waals surface area contributed by atoms with Crippen LogP contribution in [0.3, 0.4) is 0 Å². The molecule has 0 unspecified atom stereocenters. The van der Waals surface area contributed by atoms with Gasteiger partial charge in [0.25, 0.3) is 0 Å². The zero-order chi connectivity index (χ0) is 20.6. The van der Waals surface area contributed by atoms with Crippen LogP contribution in [-0.2, 0) is 9.84 Å². The number of para-hydroxylation sites is 2. The number of hydrogen-bond acceptors (Lipinski definition) is 6. The number of carboxylic acids is 1. The largest absolute Gasteiger partial charge is 0.495 e. The van der Waals surface area contributed by atoms with E-state index in [1.54, 1.807) is 31.4 Å². The Hall–Kier alpha value is -3.65. The summed E-state index contributed by atoms with van der Waals surface area (Å²) in [7, 11) is -2.32. The Morgan fingerprint density at radius 3 is 2.41 bits per heavy atom. The summed E-state index contributed by atoms with van der Waals surface area (Å²) in [6.07, 6.45) is 0. The zero-order valence-corrected chi connectivity index (χ0v) is 16.1. The minimum absolute atomic E-state index is 0.0134. The number of fused-ring (bicyclic) bond motifs is 1. The van der Waals surface area contributed by atoms with Crippen LogP contribution in [0.15, 0.2) is 81.5 Å². The van der Waals surface area contributed by atoms with E-state index in [4.69, 9.17) is 9.84 Å². The second-order valence-corrected chi connectivity index (χ2v) is 8.19. The van der Waals surface area contributed by atoms with E-state index < -0.39 is 15.8 Å². The van der Waals surface area contributed by atoms with Gasteiger partial charge in [0, 0.05) is 0 Å². The second-order valence-electron chi connectivity index (χ2n) is 6.27. The van der Waals surface area contributed by atoms with Crippen molar-refractivity contribution in [1.29, 1.82) is 0 Å². The third-order valence-electron chi connectivity index (χ3n) is 4.53. The molecular weight excluding hydrogens is 392 g/mol. The number of aliphatic imine (C=N–C) groups is 1. The number of nitrogens with one attached hydrogen (secondary N) is 1. The van der Waals surface area contributed by atoms with E-state index in [2.05, 4.69) is 10.3 Å². The van der Waals surface area contributed by atoms with E-state index in [9.17, 15) is 13.2 Å². The van der Waals surface area contributed by atoms with E-state index in [1.807, 2.05) is 12.1 Å². The third-order valence-corrected chi connectivity index (χ3v) is 6.35. The number of ether oxygens (including phenoxy) is 1. The first-order valence-electron chi connectivity index (χ1n) is 8.62. The summed E-state index contributed by atoms with van der Waals surface area (Å²) in [6, 6.07) is 17.3. The number of amidine groups is 1. The summed E-state index contributed by atoms with van der Waals surface area (Å²) in [5.41, 5.74) is 1.73. The first-order valence-corrected chi connectivity index (χ1v) is 10.1. The second kappa shape index (κ2) is 7.06. The SMILES string of the molecule is COc1ccccc1NC1=Nc2cccc(S(=O)(=O)c3ccc(C(=O)O)cc3)c21. The van der Waals surface area contributed by atoms with Crippen molar-refractivity contribution in [2.45, 2.75) is 9.79 Å². The van der Waals surface area contributed by atoms with Gasteiger partial charge in [0.1, 0.15) is 11.6 Å². The van der Waals surface area contributed by atoms with E-state index in [1.165, 1.54) is 30.3 Å². The number of sulfone groups is 1. The maximum atomic E-state index is 13.2. The molecule has 0 radical (unpaired) electrons. The van der Waals surface area contributed by atoms with Gasteiger partial charge in [-0.1, -0.05) is 18.2 Å². The number of carbonyl (C=O) groups is 1. The molecule has 0 fully saturated rings. The molecule has 1 heterocycles. The number of benzene rings is 3. The van der Waals surface area contributed by atoms with Crippen LogP contribution in [0.5, 0.6) is 5.75 Å². The van der Waals surface area contributed by atoms with Gasteiger partial charge in [-0.05, 0) is 48.5 Å². The molecule has 0 bridgehead atoms. The lowest BCUT2D eigenvalue weighted by molar-refractivity contribution is 0.0696. The molecule has 1 aliphatic rings. The van der Waals surface area contributed by atoms with E-state index >= 15 is 0 Å². The first kappa shape index (κ1) is 18.7. The fraction of sp³-hybridized carbons (Fsp3) is 0.0476. The monoisotopic (exact) mass is 408 g/mol. The van der Waals surface area contributed by atoms with Crippen LogP contribution >= 0.6 is 0 Å². The van der Waals surface area contributed by atoms with Crippen molar-refractivity contribution in [3.8, 4) is 5.75 Å². The summed E-state index contributed by atoms with van der Waals surface area (Å²) in [6.45, 7) is 0. The highest BCUT2D eigenvalue weighted by Crippen LogP contribution is 2.38. The smallest absolute Gasteiger partial charge is 0.335 e. The van der Waals surface area contributed by atoms with Gasteiger partial charge in [0.15, 0.2) is 0 Å². The molecule has 0 aliphatic carbocycles. The predicted octanol–water partition coefficient (Wildman–Crippen LogP) is 3.73. The van der Waals surface area contributed by atoms with Crippen molar-refractivity contribution in [3.63, 3.8) is 0 Å². The van der Waals surface area contributed by atoms with Crippen molar-refractivity contribution in [1.82, 2.24) is 0 Å². The number of methoxy groups -OCH3 is 1. The Balaban J connectivity index is 1.71. The molecule has 0 saturated heterocycles. The first-order chi connectivity index (χ1) is 13.9. The maximum absolute atomic E-state index is 13.2. The van der Waals surface area contributed by atoms with E-state index in [0.29, 0.717) is 28.5 Å². The van der Waals surface area contributed by atoms with Crippen molar-refractivity contribution in [2.75, 3.05) is 12.4 Å². The summed E-state index contributed by atoms with van der Waals surface area (Å²) in [5.74, 6) is -0.0905. The molecule has 29 heavy (non-hydrogen) atoms. The fourth-order valence-electron chi connectivity index (χ4n) is 3.07. The van der Waals surface area contributed by atoms with Gasteiger partial charge in [-0.25, -0.2) is 18.2 Å². The molecule has 2 N–H and O–H groups in total. The highest BCUT2D eigenvalue weighted by atomic mass is 32.2. The number of nitrogens with zero attached hydrogens (tertiary/aromatic N) is 1. The molecule has 1 aliphatic heterocycles. The van der Waals surface area contributed by atoms with Crippen molar-refractivity contribution < 1.29 is 23.1 Å². The maximum Gasteiger partial charge on any atom is 0.335 e. The molecule has 4 rings (SSSR count). The predicted molar refractivity (Wildman–Crippen MR) is 108 cm³/mol. The lowest BCUT2D eigenvalue weighted by atomic mass is 10.1. The van der Waals surface area contributed by atoms with Crippen LogP contribution < -0.4 is 10.1 Å². The summed E-state index contributed by atoms with van der Waals surface area (Å²) < 4.78 is 31.7. The average molecular weight is 408 g/mol. The van der Waals surface area contributed by atoms with Gasteiger partial charge in [0.05, 0.1) is 39.4 Å². The zero-order valence-electron chi connectivity index (χ0n) is 15.3. The normalized spacial score (nSPS) is 12.4. The van der Waals surface area contributed by atoms with Gasteiger partial charge in [-0.2, -0.15) is 0 Å². The third kappa shape index (κ3) is 3.23. The molecule has 0 aromatic heterocycles. The Morgan fingerprint density at radius 1 is 1.00 bits per heavy atom. The summed E-state index contributed by atoms with van der Waals surface area (Å²) >= 11 is 0. The Kier molecular flexibility index (Phi) is 4.56. The molecular formula is C21H16N2O5S. The molecule has 0 saturated carbocycles. The fourth-order valence-corrected chi connectivity index (χ4v) is 4.54. The molecule has 7 nitrogen and oxygen atoms in total. The van der Waals surface area contributed by atoms with Crippen LogP contribution in [0.4, 0.5) is 11.4 Å². The number of carboxylic acid groups (broad SMARTS) is 1. The molecule has 3 aromatic rings. The highest BCUT2D eigenvalue weighted by Gasteiger charge is 2.30. The number of hydrogen-bond donors (Lipinski definition) is 2. The minimum Gasteiger partial charge on any atom is -0.495 e. The van der Waals surface area contributed by atoms with Crippen LogP contribution in [0.1, 0.15) is 15.9 Å². The van der Waals surface area contributed by atoms with Gasteiger partial charge in [-0.3, -0.25) is 0 Å². The minimum atomic E-state index is -3.87. The molecule has 0 amide bonds. The quantitative estimate of drug-likeness (QED) is 0.666. The van der Waals surface area contributed by atoms with Gasteiger partial charge in [0.2, 0.25) is 9.84 Å². The van der Waals surface area contributed by atoms with Gasteiger partial charge in [-0.15, -0.1) is 0 Å². The van der Waals surface area contributed by atoms with Crippen LogP contribution in [0.25, 0.3) is 0 Å². The lowest BCUT2D eigenvalue weighted by Crippen LogP contribution is -2.23. The molecule has 146 valence electrons. The number of rotatable bonds is 5. The molecule has 0 spiro atoms. The van der Waals surface area contributed by atoms with E-state index in [-0.39, 0.29) is 15.4 Å². The standard InChI is InChI=1S/C21H16N2O5S/c1-28-17-7-3-2-5-15(17)22-20-19-16(23-20)6-4-8-18(19)29(26,27)14-11-9-13(10-12-14)21(24)25/h2-12H,1H3,(H,22,23)(H,24,25). The van der Waals surface area contributed by atoms with Gasteiger partial charge < -0.3 is 15.2 Å².